The summed E-state index contributed by atoms with van der Waals surface area (Å²) < 4.78 is 5.40. The van der Waals surface area contributed by atoms with Crippen LogP contribution in [0.15, 0.2) is 12.2 Å². The van der Waals surface area contributed by atoms with Gasteiger partial charge in [0.25, 0.3) is 0 Å². The number of rotatable bonds is 6. The number of carboxylic acid groups (broad SMARTS) is 1. The molecule has 1 saturated carbocycles. The van der Waals surface area contributed by atoms with Crippen molar-refractivity contribution >= 4 is 34.2 Å². The first-order valence-electron chi connectivity index (χ1n) is 10.5. The maximum atomic E-state index is 13.1. The van der Waals surface area contributed by atoms with Crippen LogP contribution in [0.25, 0.3) is 0 Å². The van der Waals surface area contributed by atoms with E-state index in [4.69, 9.17) is 4.74 Å². The highest BCUT2D eigenvalue weighted by molar-refractivity contribution is 7.17. The van der Waals surface area contributed by atoms with Gasteiger partial charge in [0, 0.05) is 16.8 Å². The number of aryl methyl sites for hydroxylation is 1. The molecule has 0 radical (unpaired) electrons. The molecule has 1 amide bonds. The maximum Gasteiger partial charge on any atom is 0.341 e. The Bertz CT molecular complexity index is 858. The smallest absolute Gasteiger partial charge is 0.341 e. The van der Waals surface area contributed by atoms with Crippen LogP contribution in [0, 0.1) is 23.7 Å². The first-order chi connectivity index (χ1) is 14.0. The zero-order valence-electron chi connectivity index (χ0n) is 16.6. The van der Waals surface area contributed by atoms with Crippen molar-refractivity contribution in [1.29, 1.82) is 0 Å². The molecule has 156 valence electrons. The number of fused-ring (bicyclic) bond motifs is 3. The fourth-order valence-electron chi connectivity index (χ4n) is 5.01. The molecule has 1 fully saturated rings. The SMILES string of the molecule is CCCOC(=O)c1c(NC(=O)[C@@H]2[C@@H](C(=O)[O-])[C@H]3C=C[C@H]2C3)sc2c1CCCCC2. The van der Waals surface area contributed by atoms with E-state index < -0.39 is 23.8 Å². The number of esters is 1. The number of thiophene rings is 1. The highest BCUT2D eigenvalue weighted by Gasteiger charge is 2.49. The van der Waals surface area contributed by atoms with Crippen molar-refractivity contribution in [2.24, 2.45) is 23.7 Å². The number of carboxylic acids is 1. The summed E-state index contributed by atoms with van der Waals surface area (Å²) >= 11 is 1.44. The molecule has 1 heterocycles. The molecule has 1 N–H and O–H groups in total. The fourth-order valence-corrected chi connectivity index (χ4v) is 6.29. The molecule has 0 aromatic carbocycles. The van der Waals surface area contributed by atoms with E-state index in [1.54, 1.807) is 0 Å². The minimum Gasteiger partial charge on any atom is -0.550 e. The van der Waals surface area contributed by atoms with Gasteiger partial charge in [0.15, 0.2) is 0 Å². The van der Waals surface area contributed by atoms with Gasteiger partial charge in [-0.1, -0.05) is 25.5 Å². The molecule has 3 aliphatic carbocycles. The minimum atomic E-state index is -1.17. The van der Waals surface area contributed by atoms with E-state index in [0.29, 0.717) is 23.6 Å². The number of aliphatic carboxylic acids is 1. The van der Waals surface area contributed by atoms with Gasteiger partial charge in [-0.3, -0.25) is 4.79 Å². The van der Waals surface area contributed by atoms with Crippen LogP contribution in [-0.4, -0.2) is 24.5 Å². The van der Waals surface area contributed by atoms with Gasteiger partial charge in [0.2, 0.25) is 5.91 Å². The summed E-state index contributed by atoms with van der Waals surface area (Å²) in [5.74, 6) is -3.60. The van der Waals surface area contributed by atoms with E-state index in [0.717, 1.165) is 49.0 Å². The quantitative estimate of drug-likeness (QED) is 0.437. The third-order valence-electron chi connectivity index (χ3n) is 6.33. The first-order valence-corrected chi connectivity index (χ1v) is 11.3. The van der Waals surface area contributed by atoms with E-state index >= 15 is 0 Å². The van der Waals surface area contributed by atoms with Gasteiger partial charge >= 0.3 is 5.97 Å². The summed E-state index contributed by atoms with van der Waals surface area (Å²) in [4.78, 5) is 38.7. The first kappa shape index (κ1) is 20.1. The number of nitrogens with one attached hydrogen (secondary N) is 1. The lowest BCUT2D eigenvalue weighted by molar-refractivity contribution is -0.313. The molecule has 7 heteroatoms. The average Bonchev–Trinajstić information content (AvgIpc) is 3.35. The van der Waals surface area contributed by atoms with E-state index in [1.165, 1.54) is 11.3 Å². The molecular weight excluding hydrogens is 390 g/mol. The predicted octanol–water partition coefficient (Wildman–Crippen LogP) is 2.71. The molecule has 6 nitrogen and oxygen atoms in total. The van der Waals surface area contributed by atoms with Gasteiger partial charge in [0.1, 0.15) is 5.00 Å². The molecule has 1 aromatic heterocycles. The third kappa shape index (κ3) is 3.72. The number of carbonyl (C=O) groups excluding carboxylic acids is 3. The van der Waals surface area contributed by atoms with Crippen LogP contribution >= 0.6 is 11.3 Å². The average molecular weight is 417 g/mol. The minimum absolute atomic E-state index is 0.0869. The van der Waals surface area contributed by atoms with E-state index in [1.807, 2.05) is 19.1 Å². The van der Waals surface area contributed by atoms with Crippen LogP contribution < -0.4 is 10.4 Å². The Hall–Kier alpha value is -2.15. The standard InChI is InChI=1S/C22H27NO5S/c1-2-10-28-22(27)18-14-6-4-3-5-7-15(14)29-20(18)23-19(24)16-12-8-9-13(11-12)17(16)21(25)26/h8-9,12-13,16-17H,2-7,10-11H2,1H3,(H,23,24)(H,25,26)/p-1/t12-,13-,16-,17-/m0/s1. The van der Waals surface area contributed by atoms with Gasteiger partial charge in [-0.25, -0.2) is 4.79 Å². The molecule has 2 bridgehead atoms. The van der Waals surface area contributed by atoms with Crippen LogP contribution in [0.2, 0.25) is 0 Å². The van der Waals surface area contributed by atoms with E-state index in [2.05, 4.69) is 5.32 Å². The van der Waals surface area contributed by atoms with Gasteiger partial charge in [-0.15, -0.1) is 11.3 Å². The van der Waals surface area contributed by atoms with E-state index in [9.17, 15) is 19.5 Å². The Kier molecular flexibility index (Phi) is 5.76. The Labute approximate surface area is 174 Å². The third-order valence-corrected chi connectivity index (χ3v) is 7.54. The van der Waals surface area contributed by atoms with Crippen LogP contribution in [-0.2, 0) is 27.2 Å². The lowest BCUT2D eigenvalue weighted by Gasteiger charge is -2.27. The second kappa shape index (κ2) is 8.30. The number of carbonyl (C=O) groups is 3. The predicted molar refractivity (Wildman–Crippen MR) is 108 cm³/mol. The number of hydrogen-bond donors (Lipinski definition) is 1. The van der Waals surface area contributed by atoms with Crippen LogP contribution in [0.4, 0.5) is 5.00 Å². The Morgan fingerprint density at radius 3 is 2.59 bits per heavy atom. The molecule has 4 rings (SSSR count). The second-order valence-electron chi connectivity index (χ2n) is 8.21. The summed E-state index contributed by atoms with van der Waals surface area (Å²) in [5.41, 5.74) is 1.46. The number of allylic oxidation sites excluding steroid dienone is 2. The van der Waals surface area contributed by atoms with Crippen molar-refractivity contribution in [3.63, 3.8) is 0 Å². The lowest BCUT2D eigenvalue weighted by Crippen LogP contribution is -2.42. The summed E-state index contributed by atoms with van der Waals surface area (Å²) in [6.45, 7) is 2.27. The van der Waals surface area contributed by atoms with Gasteiger partial charge in [-0.05, 0) is 55.9 Å². The largest absolute Gasteiger partial charge is 0.550 e. The zero-order chi connectivity index (χ0) is 20.5. The topological polar surface area (TPSA) is 95.5 Å². The molecule has 0 unspecified atom stereocenters. The van der Waals surface area contributed by atoms with Crippen LogP contribution in [0.1, 0.15) is 59.8 Å². The maximum absolute atomic E-state index is 13.1. The van der Waals surface area contributed by atoms with Crippen molar-refractivity contribution < 1.29 is 24.2 Å². The summed E-state index contributed by atoms with van der Waals surface area (Å²) in [7, 11) is 0. The second-order valence-corrected chi connectivity index (χ2v) is 9.32. The van der Waals surface area contributed by atoms with Gasteiger partial charge in [-0.2, -0.15) is 0 Å². The molecular formula is C22H26NO5S-. The zero-order valence-corrected chi connectivity index (χ0v) is 17.4. The van der Waals surface area contributed by atoms with Crippen molar-refractivity contribution in [3.8, 4) is 0 Å². The normalized spacial score (nSPS) is 27.3. The van der Waals surface area contributed by atoms with Crippen molar-refractivity contribution in [2.75, 3.05) is 11.9 Å². The van der Waals surface area contributed by atoms with Crippen molar-refractivity contribution in [3.05, 3.63) is 28.2 Å². The fraction of sp³-hybridized carbons (Fsp3) is 0.591. The summed E-state index contributed by atoms with van der Waals surface area (Å²) in [6.07, 6.45) is 10.1. The Balaban J connectivity index is 1.62. The highest BCUT2D eigenvalue weighted by atomic mass is 32.1. The number of amides is 1. The van der Waals surface area contributed by atoms with Gasteiger partial charge in [0.05, 0.1) is 18.1 Å². The molecule has 3 aliphatic rings. The Morgan fingerprint density at radius 2 is 1.86 bits per heavy atom. The lowest BCUT2D eigenvalue weighted by atomic mass is 9.82. The molecule has 29 heavy (non-hydrogen) atoms. The summed E-state index contributed by atoms with van der Waals surface area (Å²) in [5, 5.41) is 15.1. The summed E-state index contributed by atoms with van der Waals surface area (Å²) in [6, 6.07) is 0. The van der Waals surface area contributed by atoms with E-state index in [-0.39, 0.29) is 17.7 Å². The molecule has 0 spiro atoms. The Morgan fingerprint density at radius 1 is 1.14 bits per heavy atom. The monoisotopic (exact) mass is 416 g/mol. The molecule has 4 atom stereocenters. The number of ether oxygens (including phenoxy) is 1. The van der Waals surface area contributed by atoms with Gasteiger partial charge < -0.3 is 20.0 Å². The van der Waals surface area contributed by atoms with Crippen molar-refractivity contribution in [2.45, 2.75) is 51.9 Å². The highest BCUT2D eigenvalue weighted by Crippen LogP contribution is 2.48. The number of anilines is 1. The number of hydrogen-bond acceptors (Lipinski definition) is 6. The van der Waals surface area contributed by atoms with Crippen LogP contribution in [0.3, 0.4) is 0 Å². The molecule has 0 aliphatic heterocycles. The van der Waals surface area contributed by atoms with Crippen molar-refractivity contribution in [1.82, 2.24) is 0 Å². The van der Waals surface area contributed by atoms with Crippen LogP contribution in [0.5, 0.6) is 0 Å². The molecule has 1 aromatic rings. The molecule has 0 saturated heterocycles.